The topological polar surface area (TPSA) is 67.4 Å². The average molecular weight is 327 g/mol. The standard InChI is InChI=1S/C16H23ClN2O3/c1-16(2,3)22-15(21)18-9-5-8-14(20)19-11-12-6-4-7-13(17)10-12/h4,6-7,10H,5,8-9,11H2,1-3H3,(H,18,21)(H,19,20). The van der Waals surface area contributed by atoms with Crippen LogP contribution in [0.3, 0.4) is 0 Å². The highest BCUT2D eigenvalue weighted by molar-refractivity contribution is 6.30. The highest BCUT2D eigenvalue weighted by atomic mass is 35.5. The third-order valence-corrected chi connectivity index (χ3v) is 2.86. The molecule has 0 aliphatic carbocycles. The molecule has 0 aromatic heterocycles. The monoisotopic (exact) mass is 326 g/mol. The molecule has 1 rings (SSSR count). The van der Waals surface area contributed by atoms with E-state index in [0.29, 0.717) is 31.0 Å². The van der Waals surface area contributed by atoms with Crippen LogP contribution in [0.25, 0.3) is 0 Å². The van der Waals surface area contributed by atoms with Crippen molar-refractivity contribution in [2.75, 3.05) is 6.54 Å². The number of rotatable bonds is 6. The molecular weight excluding hydrogens is 304 g/mol. The van der Waals surface area contributed by atoms with Crippen molar-refractivity contribution in [2.45, 2.75) is 45.8 Å². The van der Waals surface area contributed by atoms with Gasteiger partial charge in [-0.15, -0.1) is 0 Å². The van der Waals surface area contributed by atoms with Crippen molar-refractivity contribution in [3.8, 4) is 0 Å². The normalized spacial score (nSPS) is 10.9. The van der Waals surface area contributed by atoms with Crippen LogP contribution in [-0.4, -0.2) is 24.1 Å². The number of ether oxygens (including phenoxy) is 1. The van der Waals surface area contributed by atoms with Gasteiger partial charge in [0.2, 0.25) is 5.91 Å². The van der Waals surface area contributed by atoms with Crippen LogP contribution in [0.1, 0.15) is 39.2 Å². The van der Waals surface area contributed by atoms with E-state index in [1.807, 2.05) is 18.2 Å². The van der Waals surface area contributed by atoms with Gasteiger partial charge in [0.1, 0.15) is 5.60 Å². The Morgan fingerprint density at radius 3 is 2.59 bits per heavy atom. The molecule has 5 nitrogen and oxygen atoms in total. The molecule has 1 aromatic rings. The lowest BCUT2D eigenvalue weighted by atomic mass is 10.2. The van der Waals surface area contributed by atoms with Gasteiger partial charge >= 0.3 is 6.09 Å². The lowest BCUT2D eigenvalue weighted by molar-refractivity contribution is -0.121. The first-order valence-electron chi connectivity index (χ1n) is 7.24. The molecular formula is C16H23ClN2O3. The summed E-state index contributed by atoms with van der Waals surface area (Å²) in [6.07, 6.45) is 0.434. The van der Waals surface area contributed by atoms with E-state index in [2.05, 4.69) is 10.6 Å². The second kappa shape index (κ2) is 8.63. The average Bonchev–Trinajstić information content (AvgIpc) is 2.39. The van der Waals surface area contributed by atoms with Crippen LogP contribution in [0, 0.1) is 0 Å². The van der Waals surface area contributed by atoms with E-state index in [9.17, 15) is 9.59 Å². The summed E-state index contributed by atoms with van der Waals surface area (Å²) in [5.41, 5.74) is 0.436. The summed E-state index contributed by atoms with van der Waals surface area (Å²) in [4.78, 5) is 23.1. The first-order valence-corrected chi connectivity index (χ1v) is 7.62. The molecule has 0 radical (unpaired) electrons. The Kier molecular flexibility index (Phi) is 7.18. The van der Waals surface area contributed by atoms with Gasteiger partial charge in [0.15, 0.2) is 0 Å². The van der Waals surface area contributed by atoms with E-state index >= 15 is 0 Å². The number of benzene rings is 1. The molecule has 1 aromatic carbocycles. The van der Waals surface area contributed by atoms with Crippen molar-refractivity contribution >= 4 is 23.6 Å². The molecule has 22 heavy (non-hydrogen) atoms. The number of nitrogens with one attached hydrogen (secondary N) is 2. The summed E-state index contributed by atoms with van der Waals surface area (Å²) >= 11 is 5.87. The fourth-order valence-corrected chi connectivity index (χ4v) is 1.90. The van der Waals surface area contributed by atoms with E-state index < -0.39 is 11.7 Å². The van der Waals surface area contributed by atoms with Crippen LogP contribution in [0.5, 0.6) is 0 Å². The van der Waals surface area contributed by atoms with Crippen LogP contribution >= 0.6 is 11.6 Å². The molecule has 0 bridgehead atoms. The molecule has 0 aliphatic rings. The number of amides is 2. The maximum atomic E-state index is 11.7. The van der Waals surface area contributed by atoms with Crippen molar-refractivity contribution in [2.24, 2.45) is 0 Å². The zero-order chi connectivity index (χ0) is 16.6. The fraction of sp³-hybridized carbons (Fsp3) is 0.500. The van der Waals surface area contributed by atoms with Crippen molar-refractivity contribution in [1.82, 2.24) is 10.6 Å². The summed E-state index contributed by atoms with van der Waals surface area (Å²) in [6, 6.07) is 7.34. The predicted molar refractivity (Wildman–Crippen MR) is 86.8 cm³/mol. The Morgan fingerprint density at radius 2 is 1.95 bits per heavy atom. The minimum absolute atomic E-state index is 0.0639. The van der Waals surface area contributed by atoms with Crippen molar-refractivity contribution in [3.63, 3.8) is 0 Å². The van der Waals surface area contributed by atoms with Gasteiger partial charge in [0.25, 0.3) is 0 Å². The number of hydrogen-bond acceptors (Lipinski definition) is 3. The highest BCUT2D eigenvalue weighted by Crippen LogP contribution is 2.10. The molecule has 2 N–H and O–H groups in total. The molecule has 0 saturated carbocycles. The van der Waals surface area contributed by atoms with Crippen molar-refractivity contribution in [1.29, 1.82) is 0 Å². The third-order valence-electron chi connectivity index (χ3n) is 2.63. The van der Waals surface area contributed by atoms with E-state index in [4.69, 9.17) is 16.3 Å². The summed E-state index contributed by atoms with van der Waals surface area (Å²) in [7, 11) is 0. The summed E-state index contributed by atoms with van der Waals surface area (Å²) in [6.45, 7) is 6.25. The maximum absolute atomic E-state index is 11.7. The lowest BCUT2D eigenvalue weighted by Gasteiger charge is -2.19. The van der Waals surface area contributed by atoms with Crippen LogP contribution in [0.2, 0.25) is 5.02 Å². The Hall–Kier alpha value is -1.75. The van der Waals surface area contributed by atoms with Gasteiger partial charge in [0.05, 0.1) is 0 Å². The summed E-state index contributed by atoms with van der Waals surface area (Å²) in [5, 5.41) is 6.07. The van der Waals surface area contributed by atoms with Gasteiger partial charge in [-0.25, -0.2) is 4.79 Å². The zero-order valence-corrected chi connectivity index (χ0v) is 14.0. The minimum Gasteiger partial charge on any atom is -0.444 e. The van der Waals surface area contributed by atoms with Crippen LogP contribution in [0.4, 0.5) is 4.79 Å². The molecule has 0 saturated heterocycles. The number of halogens is 1. The smallest absolute Gasteiger partial charge is 0.407 e. The van der Waals surface area contributed by atoms with E-state index in [1.165, 1.54) is 0 Å². The molecule has 2 amide bonds. The molecule has 0 heterocycles. The summed E-state index contributed by atoms with van der Waals surface area (Å²) in [5.74, 6) is -0.0639. The Balaban J connectivity index is 2.15. The molecule has 0 atom stereocenters. The molecule has 6 heteroatoms. The van der Waals surface area contributed by atoms with E-state index in [1.54, 1.807) is 26.8 Å². The SMILES string of the molecule is CC(C)(C)OC(=O)NCCCC(=O)NCc1cccc(Cl)c1. The van der Waals surface area contributed by atoms with Crippen LogP contribution in [0.15, 0.2) is 24.3 Å². The number of carbonyl (C=O) groups is 2. The molecule has 0 aliphatic heterocycles. The molecule has 122 valence electrons. The second-order valence-corrected chi connectivity index (χ2v) is 6.38. The molecule has 0 spiro atoms. The van der Waals surface area contributed by atoms with Crippen molar-refractivity contribution in [3.05, 3.63) is 34.9 Å². The Labute approximate surface area is 136 Å². The Bertz CT molecular complexity index is 512. The summed E-state index contributed by atoms with van der Waals surface area (Å²) < 4.78 is 5.10. The largest absolute Gasteiger partial charge is 0.444 e. The van der Waals surface area contributed by atoms with Gasteiger partial charge in [-0.3, -0.25) is 4.79 Å². The first-order chi connectivity index (χ1) is 10.3. The van der Waals surface area contributed by atoms with Gasteiger partial charge < -0.3 is 15.4 Å². The second-order valence-electron chi connectivity index (χ2n) is 5.94. The molecule has 0 unspecified atom stereocenters. The van der Waals surface area contributed by atoms with E-state index in [-0.39, 0.29) is 5.91 Å². The number of carbonyl (C=O) groups excluding carboxylic acids is 2. The minimum atomic E-state index is -0.515. The highest BCUT2D eigenvalue weighted by Gasteiger charge is 2.15. The van der Waals surface area contributed by atoms with Gasteiger partial charge in [-0.2, -0.15) is 0 Å². The van der Waals surface area contributed by atoms with Gasteiger partial charge in [-0.05, 0) is 44.9 Å². The van der Waals surface area contributed by atoms with Gasteiger partial charge in [0, 0.05) is 24.5 Å². The van der Waals surface area contributed by atoms with Gasteiger partial charge in [-0.1, -0.05) is 23.7 Å². The zero-order valence-electron chi connectivity index (χ0n) is 13.2. The van der Waals surface area contributed by atoms with Crippen LogP contribution in [-0.2, 0) is 16.1 Å². The Morgan fingerprint density at radius 1 is 1.23 bits per heavy atom. The number of hydrogen-bond donors (Lipinski definition) is 2. The maximum Gasteiger partial charge on any atom is 0.407 e. The molecule has 0 fully saturated rings. The fourth-order valence-electron chi connectivity index (χ4n) is 1.69. The van der Waals surface area contributed by atoms with E-state index in [0.717, 1.165) is 5.56 Å². The predicted octanol–water partition coefficient (Wildman–Crippen LogP) is 3.26. The lowest BCUT2D eigenvalue weighted by Crippen LogP contribution is -2.33. The first kappa shape index (κ1) is 18.3. The third kappa shape index (κ3) is 8.52. The quantitative estimate of drug-likeness (QED) is 0.788. The van der Waals surface area contributed by atoms with Crippen molar-refractivity contribution < 1.29 is 14.3 Å². The number of alkyl carbamates (subject to hydrolysis) is 1. The van der Waals surface area contributed by atoms with Crippen LogP contribution < -0.4 is 10.6 Å².